The minimum absolute atomic E-state index is 0.227. The number of aliphatic hydroxyl groups excluding tert-OH is 1. The summed E-state index contributed by atoms with van der Waals surface area (Å²) in [4.78, 5) is 0.227. The van der Waals surface area contributed by atoms with Crippen molar-refractivity contribution in [3.05, 3.63) is 29.8 Å². The van der Waals surface area contributed by atoms with Gasteiger partial charge in [0.15, 0.2) is 0 Å². The minimum Gasteiger partial charge on any atom is -0.388 e. The number of thioether (sulfide) groups is 1. The zero-order valence-corrected chi connectivity index (χ0v) is 13.2. The molecule has 4 nitrogen and oxygen atoms in total. The van der Waals surface area contributed by atoms with Crippen LogP contribution >= 0.6 is 11.8 Å². The first-order chi connectivity index (χ1) is 9.53. The molecule has 1 fully saturated rings. The summed E-state index contributed by atoms with van der Waals surface area (Å²) in [5.74, 6) is 1.12. The molecular weight excluding hydrogens is 294 g/mol. The van der Waals surface area contributed by atoms with Crippen LogP contribution in [0.25, 0.3) is 0 Å². The van der Waals surface area contributed by atoms with Gasteiger partial charge in [0.2, 0.25) is 10.0 Å². The third kappa shape index (κ3) is 3.97. The second kappa shape index (κ2) is 6.93. The molecule has 2 atom stereocenters. The van der Waals surface area contributed by atoms with Crippen LogP contribution in [0.15, 0.2) is 29.2 Å². The number of nitrogens with one attached hydrogen (secondary N) is 1. The molecule has 1 aliphatic rings. The lowest BCUT2D eigenvalue weighted by molar-refractivity contribution is 0.173. The molecule has 2 unspecified atom stereocenters. The molecule has 0 amide bonds. The number of benzene rings is 1. The normalized spacial score (nSPS) is 21.0. The molecule has 0 radical (unpaired) electrons. The molecule has 112 valence electrons. The number of hydrogen-bond acceptors (Lipinski definition) is 4. The highest BCUT2D eigenvalue weighted by atomic mass is 32.2. The molecule has 1 aliphatic heterocycles. The van der Waals surface area contributed by atoms with E-state index >= 15 is 0 Å². The van der Waals surface area contributed by atoms with Gasteiger partial charge in [-0.05, 0) is 42.7 Å². The number of hydrogen-bond donors (Lipinski definition) is 2. The van der Waals surface area contributed by atoms with Crippen LogP contribution in [0.2, 0.25) is 0 Å². The van der Waals surface area contributed by atoms with Gasteiger partial charge in [0.05, 0.1) is 11.0 Å². The first-order valence-corrected chi connectivity index (χ1v) is 9.45. The smallest absolute Gasteiger partial charge is 0.240 e. The highest BCUT2D eigenvalue weighted by Gasteiger charge is 2.20. The van der Waals surface area contributed by atoms with Gasteiger partial charge in [-0.3, -0.25) is 0 Å². The van der Waals surface area contributed by atoms with E-state index < -0.39 is 16.1 Å². The van der Waals surface area contributed by atoms with Crippen molar-refractivity contribution in [1.82, 2.24) is 4.72 Å². The second-order valence-electron chi connectivity index (χ2n) is 4.98. The Bertz CT molecular complexity index is 539. The summed E-state index contributed by atoms with van der Waals surface area (Å²) >= 11 is 1.82. The summed E-state index contributed by atoms with van der Waals surface area (Å²) < 4.78 is 27.2. The van der Waals surface area contributed by atoms with Crippen molar-refractivity contribution in [3.63, 3.8) is 0 Å². The van der Waals surface area contributed by atoms with Crippen molar-refractivity contribution in [2.24, 2.45) is 0 Å². The fraction of sp³-hybridized carbons (Fsp3) is 0.571. The van der Waals surface area contributed by atoms with Gasteiger partial charge < -0.3 is 5.11 Å². The van der Waals surface area contributed by atoms with E-state index in [-0.39, 0.29) is 4.90 Å². The fourth-order valence-electron chi connectivity index (χ4n) is 2.22. The minimum atomic E-state index is -3.49. The average molecular weight is 315 g/mol. The van der Waals surface area contributed by atoms with Gasteiger partial charge in [0.25, 0.3) is 0 Å². The second-order valence-corrected chi connectivity index (χ2v) is 8.16. The van der Waals surface area contributed by atoms with E-state index in [4.69, 9.17) is 0 Å². The third-order valence-electron chi connectivity index (χ3n) is 3.46. The van der Waals surface area contributed by atoms with Crippen LogP contribution in [-0.2, 0) is 10.0 Å². The van der Waals surface area contributed by atoms with Gasteiger partial charge in [-0.25, -0.2) is 13.1 Å². The van der Waals surface area contributed by atoms with Gasteiger partial charge in [-0.2, -0.15) is 11.8 Å². The highest BCUT2D eigenvalue weighted by molar-refractivity contribution is 8.00. The van der Waals surface area contributed by atoms with E-state index in [0.717, 1.165) is 18.6 Å². The van der Waals surface area contributed by atoms with E-state index in [1.165, 1.54) is 0 Å². The Kier molecular flexibility index (Phi) is 5.49. The van der Waals surface area contributed by atoms with E-state index in [9.17, 15) is 13.5 Å². The van der Waals surface area contributed by atoms with Gasteiger partial charge in [-0.15, -0.1) is 0 Å². The molecule has 1 saturated heterocycles. The number of sulfonamides is 1. The Balaban J connectivity index is 2.08. The number of aliphatic hydroxyl groups is 1. The zero-order valence-electron chi connectivity index (χ0n) is 11.6. The maximum absolute atomic E-state index is 12.3. The molecule has 1 heterocycles. The van der Waals surface area contributed by atoms with Gasteiger partial charge in [0, 0.05) is 11.8 Å². The Morgan fingerprint density at radius 1 is 1.50 bits per heavy atom. The monoisotopic (exact) mass is 315 g/mol. The maximum atomic E-state index is 12.3. The van der Waals surface area contributed by atoms with Crippen molar-refractivity contribution < 1.29 is 13.5 Å². The summed E-state index contributed by atoms with van der Waals surface area (Å²) in [6.45, 7) is 2.34. The average Bonchev–Trinajstić information content (AvgIpc) is 2.98. The summed E-state index contributed by atoms with van der Waals surface area (Å²) in [6.07, 6.45) is 2.18. The van der Waals surface area contributed by atoms with Gasteiger partial charge in [-0.1, -0.05) is 19.1 Å². The first-order valence-electron chi connectivity index (χ1n) is 6.92. The topological polar surface area (TPSA) is 66.4 Å². The van der Waals surface area contributed by atoms with E-state index in [0.29, 0.717) is 23.8 Å². The van der Waals surface area contributed by atoms with Crippen LogP contribution in [0.5, 0.6) is 0 Å². The molecule has 20 heavy (non-hydrogen) atoms. The molecule has 0 aliphatic carbocycles. The van der Waals surface area contributed by atoms with E-state index in [1.807, 2.05) is 18.7 Å². The lowest BCUT2D eigenvalue weighted by Gasteiger charge is -2.13. The Morgan fingerprint density at radius 2 is 2.30 bits per heavy atom. The maximum Gasteiger partial charge on any atom is 0.240 e. The highest BCUT2D eigenvalue weighted by Crippen LogP contribution is 2.26. The van der Waals surface area contributed by atoms with Crippen molar-refractivity contribution >= 4 is 21.8 Å². The van der Waals surface area contributed by atoms with Crippen molar-refractivity contribution in [2.45, 2.75) is 42.4 Å². The molecule has 1 aromatic carbocycles. The SMILES string of the molecule is CCC(O)c1cccc(S(=O)(=O)NCC2CCCS2)c1. The molecular formula is C14H21NO3S2. The van der Waals surface area contributed by atoms with Crippen molar-refractivity contribution in [3.8, 4) is 0 Å². The Morgan fingerprint density at radius 3 is 2.95 bits per heavy atom. The Hall–Kier alpha value is -0.560. The predicted octanol–water partition coefficient (Wildman–Crippen LogP) is 2.30. The van der Waals surface area contributed by atoms with Crippen LogP contribution < -0.4 is 4.72 Å². The van der Waals surface area contributed by atoms with Crippen molar-refractivity contribution in [1.29, 1.82) is 0 Å². The molecule has 2 N–H and O–H groups in total. The van der Waals surface area contributed by atoms with Gasteiger partial charge in [0.1, 0.15) is 0 Å². The van der Waals surface area contributed by atoms with E-state index in [1.54, 1.807) is 24.3 Å². The third-order valence-corrected chi connectivity index (χ3v) is 6.28. The molecule has 2 rings (SSSR count). The number of rotatable bonds is 6. The summed E-state index contributed by atoms with van der Waals surface area (Å²) in [5.41, 5.74) is 0.644. The summed E-state index contributed by atoms with van der Waals surface area (Å²) in [7, 11) is -3.49. The zero-order chi connectivity index (χ0) is 14.6. The van der Waals surface area contributed by atoms with Crippen LogP contribution in [0, 0.1) is 0 Å². The lowest BCUT2D eigenvalue weighted by Crippen LogP contribution is -2.29. The molecule has 0 bridgehead atoms. The quantitative estimate of drug-likeness (QED) is 0.845. The standard InChI is InChI=1S/C14H21NO3S2/c1-2-14(16)11-5-3-7-13(9-11)20(17,18)15-10-12-6-4-8-19-12/h3,5,7,9,12,14-16H,2,4,6,8,10H2,1H3. The van der Waals surface area contributed by atoms with Crippen LogP contribution in [-0.4, -0.2) is 31.1 Å². The van der Waals surface area contributed by atoms with Crippen LogP contribution in [0.4, 0.5) is 0 Å². The Labute approximate surface area is 125 Å². The van der Waals surface area contributed by atoms with Crippen LogP contribution in [0.3, 0.4) is 0 Å². The summed E-state index contributed by atoms with van der Waals surface area (Å²) in [6, 6.07) is 6.54. The molecule has 0 spiro atoms. The van der Waals surface area contributed by atoms with Crippen LogP contribution in [0.1, 0.15) is 37.9 Å². The first kappa shape index (κ1) is 15.8. The van der Waals surface area contributed by atoms with E-state index in [2.05, 4.69) is 4.72 Å². The largest absolute Gasteiger partial charge is 0.388 e. The lowest BCUT2D eigenvalue weighted by atomic mass is 10.1. The fourth-order valence-corrected chi connectivity index (χ4v) is 4.66. The summed E-state index contributed by atoms with van der Waals surface area (Å²) in [5, 5.41) is 10.2. The molecule has 1 aromatic rings. The molecule has 6 heteroatoms. The molecule has 0 aromatic heterocycles. The van der Waals surface area contributed by atoms with Crippen molar-refractivity contribution in [2.75, 3.05) is 12.3 Å². The molecule has 0 saturated carbocycles. The van der Waals surface area contributed by atoms with Gasteiger partial charge >= 0.3 is 0 Å². The predicted molar refractivity (Wildman–Crippen MR) is 82.4 cm³/mol.